The molecule has 2 aliphatic rings. The standard InChI is InChI=1S/C19H22N4O/c24-19(17-9-8-15-5-1-2-6-16(15)17)23-12-4-11-22(13-14-23)18-7-3-10-20-21-18/h1-3,5-7,10,17H,4,8-9,11-14H2/t17-/m0/s1. The fourth-order valence-corrected chi connectivity index (χ4v) is 3.86. The van der Waals surface area contributed by atoms with Gasteiger partial charge in [-0.05, 0) is 42.5 Å². The summed E-state index contributed by atoms with van der Waals surface area (Å²) in [4.78, 5) is 17.3. The largest absolute Gasteiger partial charge is 0.353 e. The van der Waals surface area contributed by atoms with Crippen molar-refractivity contribution in [1.29, 1.82) is 0 Å². The van der Waals surface area contributed by atoms with Gasteiger partial charge < -0.3 is 9.80 Å². The van der Waals surface area contributed by atoms with Gasteiger partial charge in [0.2, 0.25) is 5.91 Å². The Morgan fingerprint density at radius 3 is 2.83 bits per heavy atom. The maximum atomic E-state index is 13.0. The van der Waals surface area contributed by atoms with Crippen LogP contribution in [0.4, 0.5) is 5.82 Å². The van der Waals surface area contributed by atoms with E-state index in [2.05, 4.69) is 33.3 Å². The molecule has 1 aromatic carbocycles. The van der Waals surface area contributed by atoms with Crippen LogP contribution in [0.25, 0.3) is 0 Å². The van der Waals surface area contributed by atoms with E-state index in [0.29, 0.717) is 5.91 Å². The first-order valence-corrected chi connectivity index (χ1v) is 8.72. The third kappa shape index (κ3) is 2.86. The van der Waals surface area contributed by atoms with Gasteiger partial charge in [0.15, 0.2) is 5.82 Å². The molecule has 0 spiro atoms. The molecule has 1 aliphatic heterocycles. The summed E-state index contributed by atoms with van der Waals surface area (Å²) in [6.07, 6.45) is 4.63. The molecule has 1 atom stereocenters. The summed E-state index contributed by atoms with van der Waals surface area (Å²) in [5, 5.41) is 8.15. The molecule has 1 fully saturated rings. The Balaban J connectivity index is 1.45. The van der Waals surface area contributed by atoms with Gasteiger partial charge in [-0.15, -0.1) is 5.10 Å². The van der Waals surface area contributed by atoms with Crippen molar-refractivity contribution in [2.45, 2.75) is 25.2 Å². The summed E-state index contributed by atoms with van der Waals surface area (Å²) in [5.41, 5.74) is 2.57. The Kier molecular flexibility index (Phi) is 4.15. The van der Waals surface area contributed by atoms with E-state index in [1.165, 1.54) is 11.1 Å². The number of rotatable bonds is 2. The van der Waals surface area contributed by atoms with Crippen molar-refractivity contribution in [3.63, 3.8) is 0 Å². The lowest BCUT2D eigenvalue weighted by atomic mass is 10.00. The topological polar surface area (TPSA) is 49.3 Å². The minimum absolute atomic E-state index is 0.0456. The van der Waals surface area contributed by atoms with Crippen LogP contribution in [0.3, 0.4) is 0 Å². The maximum absolute atomic E-state index is 13.0. The van der Waals surface area contributed by atoms with Crippen LogP contribution in [0, 0.1) is 0 Å². The molecule has 1 amide bonds. The highest BCUT2D eigenvalue weighted by Crippen LogP contribution is 2.34. The molecule has 4 rings (SSSR count). The maximum Gasteiger partial charge on any atom is 0.230 e. The zero-order valence-corrected chi connectivity index (χ0v) is 13.8. The number of nitrogens with zero attached hydrogens (tertiary/aromatic N) is 4. The average Bonchev–Trinajstić information content (AvgIpc) is 2.91. The third-order valence-corrected chi connectivity index (χ3v) is 5.12. The van der Waals surface area contributed by atoms with E-state index >= 15 is 0 Å². The Morgan fingerprint density at radius 2 is 1.96 bits per heavy atom. The van der Waals surface area contributed by atoms with Gasteiger partial charge >= 0.3 is 0 Å². The van der Waals surface area contributed by atoms with Crippen LogP contribution >= 0.6 is 0 Å². The Bertz CT molecular complexity index is 718. The summed E-state index contributed by atoms with van der Waals surface area (Å²) in [6.45, 7) is 3.32. The van der Waals surface area contributed by atoms with Crippen molar-refractivity contribution in [2.75, 3.05) is 31.1 Å². The number of aryl methyl sites for hydroxylation is 1. The van der Waals surface area contributed by atoms with E-state index in [4.69, 9.17) is 0 Å². The summed E-state index contributed by atoms with van der Waals surface area (Å²) in [5.74, 6) is 1.24. The van der Waals surface area contributed by atoms with Crippen LogP contribution in [0.1, 0.15) is 29.9 Å². The van der Waals surface area contributed by atoms with Crippen LogP contribution in [0.2, 0.25) is 0 Å². The van der Waals surface area contributed by atoms with E-state index in [9.17, 15) is 4.79 Å². The average molecular weight is 322 g/mol. The van der Waals surface area contributed by atoms with Gasteiger partial charge in [0.1, 0.15) is 0 Å². The van der Waals surface area contributed by atoms with E-state index in [1.54, 1.807) is 6.20 Å². The molecule has 2 heterocycles. The second-order valence-corrected chi connectivity index (χ2v) is 6.54. The van der Waals surface area contributed by atoms with E-state index in [1.807, 2.05) is 23.1 Å². The highest BCUT2D eigenvalue weighted by atomic mass is 16.2. The Labute approximate surface area is 142 Å². The molecule has 1 aliphatic carbocycles. The number of hydrogen-bond acceptors (Lipinski definition) is 4. The number of benzene rings is 1. The van der Waals surface area contributed by atoms with Crippen molar-refractivity contribution in [3.05, 3.63) is 53.7 Å². The van der Waals surface area contributed by atoms with Gasteiger partial charge in [0.25, 0.3) is 0 Å². The quantitative estimate of drug-likeness (QED) is 0.851. The van der Waals surface area contributed by atoms with Gasteiger partial charge in [-0.3, -0.25) is 4.79 Å². The van der Waals surface area contributed by atoms with Crippen molar-refractivity contribution < 1.29 is 4.79 Å². The van der Waals surface area contributed by atoms with E-state index in [0.717, 1.165) is 51.3 Å². The number of aromatic nitrogens is 2. The van der Waals surface area contributed by atoms with Gasteiger partial charge in [0, 0.05) is 32.4 Å². The molecule has 0 radical (unpaired) electrons. The Morgan fingerprint density at radius 1 is 1.04 bits per heavy atom. The molecular formula is C19H22N4O. The van der Waals surface area contributed by atoms with Crippen LogP contribution in [-0.4, -0.2) is 47.2 Å². The third-order valence-electron chi connectivity index (χ3n) is 5.12. The predicted molar refractivity (Wildman–Crippen MR) is 92.9 cm³/mol. The number of carbonyl (C=O) groups excluding carboxylic acids is 1. The summed E-state index contributed by atoms with van der Waals surface area (Å²) < 4.78 is 0. The predicted octanol–water partition coefficient (Wildman–Crippen LogP) is 2.25. The van der Waals surface area contributed by atoms with Crippen LogP contribution in [0.15, 0.2) is 42.6 Å². The molecule has 24 heavy (non-hydrogen) atoms. The van der Waals surface area contributed by atoms with Crippen molar-refractivity contribution in [1.82, 2.24) is 15.1 Å². The smallest absolute Gasteiger partial charge is 0.230 e. The van der Waals surface area contributed by atoms with Gasteiger partial charge in [-0.2, -0.15) is 5.10 Å². The summed E-state index contributed by atoms with van der Waals surface area (Å²) in [7, 11) is 0. The SMILES string of the molecule is O=C([C@H]1CCc2ccccc21)N1CCCN(c2cccnn2)CC1. The molecule has 5 heteroatoms. The zero-order chi connectivity index (χ0) is 16.4. The first-order valence-electron chi connectivity index (χ1n) is 8.72. The minimum atomic E-state index is 0.0456. The van der Waals surface area contributed by atoms with Gasteiger partial charge in [-0.25, -0.2) is 0 Å². The number of amides is 1. The van der Waals surface area contributed by atoms with Crippen LogP contribution in [-0.2, 0) is 11.2 Å². The first-order chi connectivity index (χ1) is 11.8. The number of fused-ring (bicyclic) bond motifs is 1. The summed E-state index contributed by atoms with van der Waals surface area (Å²) in [6, 6.07) is 12.3. The molecule has 0 N–H and O–H groups in total. The second kappa shape index (κ2) is 6.59. The van der Waals surface area contributed by atoms with Crippen LogP contribution in [0.5, 0.6) is 0 Å². The zero-order valence-electron chi connectivity index (χ0n) is 13.8. The van der Waals surface area contributed by atoms with E-state index in [-0.39, 0.29) is 5.92 Å². The molecule has 0 bridgehead atoms. The summed E-state index contributed by atoms with van der Waals surface area (Å²) >= 11 is 0. The molecule has 1 aromatic heterocycles. The molecule has 1 saturated heterocycles. The lowest BCUT2D eigenvalue weighted by molar-refractivity contribution is -0.132. The molecule has 124 valence electrons. The van der Waals surface area contributed by atoms with Crippen molar-refractivity contribution in [3.8, 4) is 0 Å². The second-order valence-electron chi connectivity index (χ2n) is 6.54. The van der Waals surface area contributed by atoms with Crippen molar-refractivity contribution in [2.24, 2.45) is 0 Å². The molecule has 0 saturated carbocycles. The highest BCUT2D eigenvalue weighted by Gasteiger charge is 2.32. The lowest BCUT2D eigenvalue weighted by Gasteiger charge is -2.25. The van der Waals surface area contributed by atoms with E-state index < -0.39 is 0 Å². The highest BCUT2D eigenvalue weighted by molar-refractivity contribution is 5.85. The fourth-order valence-electron chi connectivity index (χ4n) is 3.86. The minimum Gasteiger partial charge on any atom is -0.353 e. The normalized spacial score (nSPS) is 20.6. The molecule has 5 nitrogen and oxygen atoms in total. The molecular weight excluding hydrogens is 300 g/mol. The monoisotopic (exact) mass is 322 g/mol. The lowest BCUT2D eigenvalue weighted by Crippen LogP contribution is -2.38. The number of carbonyl (C=O) groups is 1. The number of anilines is 1. The molecule has 2 aromatic rings. The van der Waals surface area contributed by atoms with Crippen molar-refractivity contribution >= 4 is 11.7 Å². The van der Waals surface area contributed by atoms with Crippen LogP contribution < -0.4 is 4.90 Å². The molecule has 0 unspecified atom stereocenters. The Hall–Kier alpha value is -2.43. The first kappa shape index (κ1) is 15.1. The van der Waals surface area contributed by atoms with Gasteiger partial charge in [0.05, 0.1) is 5.92 Å². The number of hydrogen-bond donors (Lipinski definition) is 0. The fraction of sp³-hybridized carbons (Fsp3) is 0.421. The van der Waals surface area contributed by atoms with Gasteiger partial charge in [-0.1, -0.05) is 24.3 Å².